The maximum atomic E-state index is 12.4. The number of aryl methyl sites for hydroxylation is 2. The SMILES string of the molecule is Cc1n[nH]c(C)c1CCCNC(=O)N1CCCC(c2ncc[nH]2)C1. The van der Waals surface area contributed by atoms with Crippen molar-refractivity contribution < 1.29 is 4.79 Å². The molecule has 0 radical (unpaired) electrons. The first-order chi connectivity index (χ1) is 11.6. The third kappa shape index (κ3) is 3.77. The highest BCUT2D eigenvalue weighted by molar-refractivity contribution is 5.74. The molecule has 3 heterocycles. The van der Waals surface area contributed by atoms with E-state index in [0.717, 1.165) is 56.0 Å². The van der Waals surface area contributed by atoms with Gasteiger partial charge in [-0.25, -0.2) is 9.78 Å². The number of urea groups is 1. The number of carbonyl (C=O) groups is 1. The number of nitrogens with zero attached hydrogens (tertiary/aromatic N) is 3. The largest absolute Gasteiger partial charge is 0.348 e. The second kappa shape index (κ2) is 7.51. The Morgan fingerprint density at radius 2 is 2.33 bits per heavy atom. The van der Waals surface area contributed by atoms with Crippen LogP contribution in [0.2, 0.25) is 0 Å². The Balaban J connectivity index is 1.43. The summed E-state index contributed by atoms with van der Waals surface area (Å²) in [5.41, 5.74) is 3.44. The molecule has 3 rings (SSSR count). The molecular weight excluding hydrogens is 304 g/mol. The Bertz CT molecular complexity index is 643. The van der Waals surface area contributed by atoms with Gasteiger partial charge in [0.25, 0.3) is 0 Å². The molecule has 2 aromatic heterocycles. The topological polar surface area (TPSA) is 89.7 Å². The second-order valence-electron chi connectivity index (χ2n) is 6.51. The van der Waals surface area contributed by atoms with E-state index in [4.69, 9.17) is 0 Å². The fourth-order valence-electron chi connectivity index (χ4n) is 3.40. The minimum atomic E-state index is 0.0342. The number of piperidine rings is 1. The fraction of sp³-hybridized carbons (Fsp3) is 0.588. The average Bonchev–Trinajstić information content (AvgIpc) is 3.23. The summed E-state index contributed by atoms with van der Waals surface area (Å²) in [5, 5.41) is 10.3. The van der Waals surface area contributed by atoms with E-state index >= 15 is 0 Å². The van der Waals surface area contributed by atoms with E-state index in [0.29, 0.717) is 12.5 Å². The minimum Gasteiger partial charge on any atom is -0.348 e. The predicted octanol–water partition coefficient (Wildman–Crippen LogP) is 2.27. The predicted molar refractivity (Wildman–Crippen MR) is 91.9 cm³/mol. The van der Waals surface area contributed by atoms with Crippen molar-refractivity contribution in [1.82, 2.24) is 30.4 Å². The van der Waals surface area contributed by atoms with Crippen molar-refractivity contribution >= 4 is 6.03 Å². The van der Waals surface area contributed by atoms with E-state index in [-0.39, 0.29) is 6.03 Å². The molecule has 1 saturated heterocycles. The number of carbonyl (C=O) groups excluding carboxylic acids is 1. The molecule has 1 atom stereocenters. The number of hydrogen-bond acceptors (Lipinski definition) is 3. The normalized spacial score (nSPS) is 17.9. The van der Waals surface area contributed by atoms with Crippen LogP contribution in [0.1, 0.15) is 48.0 Å². The van der Waals surface area contributed by atoms with Crippen molar-refractivity contribution in [3.63, 3.8) is 0 Å². The van der Waals surface area contributed by atoms with Crippen LogP contribution >= 0.6 is 0 Å². The van der Waals surface area contributed by atoms with E-state index in [1.54, 1.807) is 6.20 Å². The van der Waals surface area contributed by atoms with Gasteiger partial charge in [-0.15, -0.1) is 0 Å². The van der Waals surface area contributed by atoms with Gasteiger partial charge in [0.15, 0.2) is 0 Å². The van der Waals surface area contributed by atoms with Crippen LogP contribution in [0.15, 0.2) is 12.4 Å². The lowest BCUT2D eigenvalue weighted by Crippen LogP contribution is -2.45. The highest BCUT2D eigenvalue weighted by Crippen LogP contribution is 2.24. The van der Waals surface area contributed by atoms with Crippen molar-refractivity contribution in [1.29, 1.82) is 0 Å². The smallest absolute Gasteiger partial charge is 0.317 e. The lowest BCUT2D eigenvalue weighted by molar-refractivity contribution is 0.178. The zero-order chi connectivity index (χ0) is 16.9. The molecule has 7 nitrogen and oxygen atoms in total. The van der Waals surface area contributed by atoms with Gasteiger partial charge in [0.05, 0.1) is 5.69 Å². The molecule has 3 N–H and O–H groups in total. The van der Waals surface area contributed by atoms with Gasteiger partial charge >= 0.3 is 6.03 Å². The summed E-state index contributed by atoms with van der Waals surface area (Å²) in [4.78, 5) is 21.8. The molecule has 130 valence electrons. The summed E-state index contributed by atoms with van der Waals surface area (Å²) in [7, 11) is 0. The third-order valence-electron chi connectivity index (χ3n) is 4.78. The Kier molecular flexibility index (Phi) is 5.17. The van der Waals surface area contributed by atoms with Crippen LogP contribution in [0.5, 0.6) is 0 Å². The summed E-state index contributed by atoms with van der Waals surface area (Å²) in [5.74, 6) is 1.30. The molecule has 1 unspecified atom stereocenters. The molecule has 0 saturated carbocycles. The monoisotopic (exact) mass is 330 g/mol. The van der Waals surface area contributed by atoms with Gasteiger partial charge in [-0.05, 0) is 45.1 Å². The molecule has 1 aliphatic rings. The van der Waals surface area contributed by atoms with Crippen LogP contribution in [0, 0.1) is 13.8 Å². The van der Waals surface area contributed by atoms with Crippen molar-refractivity contribution in [2.75, 3.05) is 19.6 Å². The van der Waals surface area contributed by atoms with Gasteiger partial charge < -0.3 is 15.2 Å². The standard InChI is InChI=1S/C17H26N6O/c1-12-15(13(2)22-21-12)6-3-7-20-17(24)23-10-4-5-14(11-23)16-18-8-9-19-16/h8-9,14H,3-7,10-11H2,1-2H3,(H,18,19)(H,20,24)(H,21,22). The van der Waals surface area contributed by atoms with Gasteiger partial charge in [-0.2, -0.15) is 5.10 Å². The van der Waals surface area contributed by atoms with E-state index in [2.05, 4.69) is 25.5 Å². The lowest BCUT2D eigenvalue weighted by atomic mass is 9.98. The summed E-state index contributed by atoms with van der Waals surface area (Å²) >= 11 is 0. The number of amides is 2. The third-order valence-corrected chi connectivity index (χ3v) is 4.78. The van der Waals surface area contributed by atoms with Gasteiger partial charge in [-0.3, -0.25) is 5.10 Å². The number of imidazole rings is 1. The van der Waals surface area contributed by atoms with Crippen LogP contribution in [0.4, 0.5) is 4.79 Å². The van der Waals surface area contributed by atoms with Crippen LogP contribution < -0.4 is 5.32 Å². The van der Waals surface area contributed by atoms with Crippen LogP contribution in [0.3, 0.4) is 0 Å². The second-order valence-corrected chi connectivity index (χ2v) is 6.51. The molecule has 2 aromatic rings. The van der Waals surface area contributed by atoms with E-state index in [1.165, 1.54) is 5.56 Å². The number of nitrogens with one attached hydrogen (secondary N) is 3. The number of likely N-dealkylation sites (tertiary alicyclic amines) is 1. The first-order valence-corrected chi connectivity index (χ1v) is 8.67. The van der Waals surface area contributed by atoms with E-state index in [9.17, 15) is 4.79 Å². The average molecular weight is 330 g/mol. The Labute approximate surface area is 142 Å². The number of H-pyrrole nitrogens is 2. The van der Waals surface area contributed by atoms with Crippen LogP contribution in [-0.2, 0) is 6.42 Å². The minimum absolute atomic E-state index is 0.0342. The highest BCUT2D eigenvalue weighted by Gasteiger charge is 2.25. The molecule has 0 aromatic carbocycles. The molecule has 2 amide bonds. The van der Waals surface area contributed by atoms with E-state index < -0.39 is 0 Å². The number of rotatable bonds is 5. The van der Waals surface area contributed by atoms with Crippen LogP contribution in [0.25, 0.3) is 0 Å². The highest BCUT2D eigenvalue weighted by atomic mass is 16.2. The van der Waals surface area contributed by atoms with Crippen molar-refractivity contribution in [2.24, 2.45) is 0 Å². The summed E-state index contributed by atoms with van der Waals surface area (Å²) in [6.07, 6.45) is 7.57. The molecule has 7 heteroatoms. The zero-order valence-electron chi connectivity index (χ0n) is 14.4. The molecule has 0 spiro atoms. The van der Waals surface area contributed by atoms with Crippen molar-refractivity contribution in [2.45, 2.75) is 45.4 Å². The molecule has 1 aliphatic heterocycles. The van der Waals surface area contributed by atoms with Gasteiger partial charge in [0, 0.05) is 43.6 Å². The van der Waals surface area contributed by atoms with Crippen LogP contribution in [-0.4, -0.2) is 50.7 Å². The summed E-state index contributed by atoms with van der Waals surface area (Å²) < 4.78 is 0. The summed E-state index contributed by atoms with van der Waals surface area (Å²) in [6.45, 7) is 6.30. The molecule has 24 heavy (non-hydrogen) atoms. The van der Waals surface area contributed by atoms with Gasteiger partial charge in [0.2, 0.25) is 0 Å². The maximum absolute atomic E-state index is 12.4. The molecular formula is C17H26N6O. The quantitative estimate of drug-likeness (QED) is 0.735. The van der Waals surface area contributed by atoms with Crippen molar-refractivity contribution in [3.8, 4) is 0 Å². The van der Waals surface area contributed by atoms with E-state index in [1.807, 2.05) is 24.9 Å². The molecule has 0 aliphatic carbocycles. The number of hydrogen-bond donors (Lipinski definition) is 3. The van der Waals surface area contributed by atoms with Gasteiger partial charge in [-0.1, -0.05) is 0 Å². The molecule has 0 bridgehead atoms. The Hall–Kier alpha value is -2.31. The maximum Gasteiger partial charge on any atom is 0.317 e. The van der Waals surface area contributed by atoms with Crippen molar-refractivity contribution in [3.05, 3.63) is 35.2 Å². The fourth-order valence-corrected chi connectivity index (χ4v) is 3.40. The number of aromatic nitrogens is 4. The first kappa shape index (κ1) is 16.5. The Morgan fingerprint density at radius 1 is 1.46 bits per heavy atom. The molecule has 1 fully saturated rings. The number of aromatic amines is 2. The summed E-state index contributed by atoms with van der Waals surface area (Å²) in [6, 6.07) is 0.0342. The Morgan fingerprint density at radius 3 is 3.04 bits per heavy atom. The first-order valence-electron chi connectivity index (χ1n) is 8.67. The van der Waals surface area contributed by atoms with Gasteiger partial charge in [0.1, 0.15) is 5.82 Å². The lowest BCUT2D eigenvalue weighted by Gasteiger charge is -2.31. The zero-order valence-corrected chi connectivity index (χ0v) is 14.4.